The lowest BCUT2D eigenvalue weighted by Crippen LogP contribution is -2.25. The molecular formula is C16H15BrFNO2S. The van der Waals surface area contributed by atoms with Crippen molar-refractivity contribution in [1.82, 2.24) is 5.32 Å². The average Bonchev–Trinajstić information content (AvgIpc) is 2.52. The Morgan fingerprint density at radius 3 is 2.64 bits per heavy atom. The second-order valence-electron chi connectivity index (χ2n) is 4.48. The van der Waals surface area contributed by atoms with E-state index in [0.29, 0.717) is 10.0 Å². The Kier molecular flexibility index (Phi) is 6.27. The van der Waals surface area contributed by atoms with Crippen LogP contribution in [0, 0.1) is 5.82 Å². The second kappa shape index (κ2) is 8.19. The van der Waals surface area contributed by atoms with Gasteiger partial charge in [0.2, 0.25) is 5.91 Å². The fraction of sp³-hybridized carbons (Fsp3) is 0.188. The molecule has 0 saturated carbocycles. The zero-order valence-electron chi connectivity index (χ0n) is 11.9. The van der Waals surface area contributed by atoms with E-state index in [1.165, 1.54) is 17.8 Å². The molecular weight excluding hydrogens is 369 g/mol. The Bertz CT molecular complexity index is 649. The maximum absolute atomic E-state index is 13.6. The Morgan fingerprint density at radius 1 is 1.27 bits per heavy atom. The molecule has 0 aliphatic heterocycles. The van der Waals surface area contributed by atoms with Crippen molar-refractivity contribution in [3.63, 3.8) is 0 Å². The van der Waals surface area contributed by atoms with Crippen LogP contribution in [0.2, 0.25) is 0 Å². The zero-order chi connectivity index (χ0) is 15.9. The number of benzene rings is 2. The highest BCUT2D eigenvalue weighted by Crippen LogP contribution is 2.21. The molecule has 1 N–H and O–H groups in total. The van der Waals surface area contributed by atoms with Gasteiger partial charge in [-0.1, -0.05) is 22.0 Å². The number of nitrogens with one attached hydrogen (secondary N) is 1. The van der Waals surface area contributed by atoms with Gasteiger partial charge in [-0.15, -0.1) is 11.8 Å². The summed E-state index contributed by atoms with van der Waals surface area (Å²) in [6, 6.07) is 12.3. The quantitative estimate of drug-likeness (QED) is 0.765. The van der Waals surface area contributed by atoms with Crippen LogP contribution in [0.5, 0.6) is 5.75 Å². The maximum Gasteiger partial charge on any atom is 0.230 e. The Balaban J connectivity index is 1.80. The van der Waals surface area contributed by atoms with Gasteiger partial charge in [-0.05, 0) is 36.4 Å². The molecule has 0 heterocycles. The molecule has 0 unspecified atom stereocenters. The monoisotopic (exact) mass is 383 g/mol. The number of hydrogen-bond donors (Lipinski definition) is 1. The van der Waals surface area contributed by atoms with Crippen LogP contribution in [0.1, 0.15) is 5.56 Å². The molecule has 2 rings (SSSR count). The van der Waals surface area contributed by atoms with Crippen LogP contribution >= 0.6 is 27.7 Å². The fourth-order valence-electron chi connectivity index (χ4n) is 1.73. The minimum atomic E-state index is -0.336. The number of amides is 1. The first-order valence-electron chi connectivity index (χ1n) is 6.56. The molecule has 0 fully saturated rings. The van der Waals surface area contributed by atoms with Gasteiger partial charge in [-0.3, -0.25) is 4.79 Å². The molecule has 0 aliphatic rings. The molecule has 3 nitrogen and oxygen atoms in total. The molecule has 0 aromatic heterocycles. The summed E-state index contributed by atoms with van der Waals surface area (Å²) in [5, 5.41) is 2.71. The van der Waals surface area contributed by atoms with E-state index in [4.69, 9.17) is 4.74 Å². The van der Waals surface area contributed by atoms with Crippen LogP contribution < -0.4 is 10.1 Å². The largest absolute Gasteiger partial charge is 0.497 e. The van der Waals surface area contributed by atoms with Crippen molar-refractivity contribution >= 4 is 33.6 Å². The molecule has 1 amide bonds. The SMILES string of the molecule is COc1ccc(SCC(=O)NCc2ccc(Br)cc2F)cc1. The number of halogens is 2. The molecule has 0 atom stereocenters. The highest BCUT2D eigenvalue weighted by atomic mass is 79.9. The van der Waals surface area contributed by atoms with E-state index in [-0.39, 0.29) is 24.0 Å². The second-order valence-corrected chi connectivity index (χ2v) is 6.44. The summed E-state index contributed by atoms with van der Waals surface area (Å²) in [5.74, 6) is 0.588. The van der Waals surface area contributed by atoms with E-state index in [2.05, 4.69) is 21.2 Å². The van der Waals surface area contributed by atoms with Crippen LogP contribution in [0.4, 0.5) is 4.39 Å². The number of methoxy groups -OCH3 is 1. The highest BCUT2D eigenvalue weighted by Gasteiger charge is 2.06. The van der Waals surface area contributed by atoms with E-state index >= 15 is 0 Å². The lowest BCUT2D eigenvalue weighted by atomic mass is 10.2. The summed E-state index contributed by atoms with van der Waals surface area (Å²) in [6.45, 7) is 0.182. The van der Waals surface area contributed by atoms with Gasteiger partial charge in [-0.2, -0.15) is 0 Å². The zero-order valence-corrected chi connectivity index (χ0v) is 14.3. The number of carbonyl (C=O) groups is 1. The molecule has 0 saturated heterocycles. The van der Waals surface area contributed by atoms with Crippen LogP contribution in [-0.2, 0) is 11.3 Å². The molecule has 0 spiro atoms. The van der Waals surface area contributed by atoms with Gasteiger partial charge >= 0.3 is 0 Å². The van der Waals surface area contributed by atoms with E-state index < -0.39 is 0 Å². The average molecular weight is 384 g/mol. The minimum Gasteiger partial charge on any atom is -0.497 e. The van der Waals surface area contributed by atoms with E-state index in [0.717, 1.165) is 10.6 Å². The van der Waals surface area contributed by atoms with Gasteiger partial charge < -0.3 is 10.1 Å². The Labute approximate surface area is 141 Å². The molecule has 2 aromatic rings. The maximum atomic E-state index is 13.6. The summed E-state index contributed by atoms with van der Waals surface area (Å²) < 4.78 is 19.4. The van der Waals surface area contributed by atoms with Gasteiger partial charge in [0, 0.05) is 21.5 Å². The Hall–Kier alpha value is -1.53. The van der Waals surface area contributed by atoms with E-state index in [1.807, 2.05) is 24.3 Å². The van der Waals surface area contributed by atoms with Crippen molar-refractivity contribution < 1.29 is 13.9 Å². The van der Waals surface area contributed by atoms with E-state index in [9.17, 15) is 9.18 Å². The van der Waals surface area contributed by atoms with Gasteiger partial charge in [-0.25, -0.2) is 4.39 Å². The van der Waals surface area contributed by atoms with Gasteiger partial charge in [0.1, 0.15) is 11.6 Å². The third kappa shape index (κ3) is 5.03. The molecule has 22 heavy (non-hydrogen) atoms. The first-order valence-corrected chi connectivity index (χ1v) is 8.34. The smallest absolute Gasteiger partial charge is 0.230 e. The van der Waals surface area contributed by atoms with Gasteiger partial charge in [0.05, 0.1) is 12.9 Å². The van der Waals surface area contributed by atoms with Crippen LogP contribution in [0.3, 0.4) is 0 Å². The Morgan fingerprint density at radius 2 is 2.00 bits per heavy atom. The molecule has 0 radical (unpaired) electrons. The molecule has 116 valence electrons. The van der Waals surface area contributed by atoms with Crippen LogP contribution in [0.15, 0.2) is 51.8 Å². The van der Waals surface area contributed by atoms with Crippen LogP contribution in [-0.4, -0.2) is 18.8 Å². The van der Waals surface area contributed by atoms with Crippen LogP contribution in [0.25, 0.3) is 0 Å². The first-order chi connectivity index (χ1) is 10.6. The number of hydrogen-bond acceptors (Lipinski definition) is 3. The number of carbonyl (C=O) groups excluding carboxylic acids is 1. The molecule has 6 heteroatoms. The lowest BCUT2D eigenvalue weighted by molar-refractivity contribution is -0.118. The first kappa shape index (κ1) is 16.8. The van der Waals surface area contributed by atoms with Gasteiger partial charge in [0.15, 0.2) is 0 Å². The lowest BCUT2D eigenvalue weighted by Gasteiger charge is -2.07. The number of thioether (sulfide) groups is 1. The molecule has 2 aromatic carbocycles. The highest BCUT2D eigenvalue weighted by molar-refractivity contribution is 9.10. The summed E-state index contributed by atoms with van der Waals surface area (Å²) in [4.78, 5) is 12.8. The number of ether oxygens (including phenoxy) is 1. The van der Waals surface area contributed by atoms with Crippen molar-refractivity contribution in [2.24, 2.45) is 0 Å². The van der Waals surface area contributed by atoms with E-state index in [1.54, 1.807) is 19.2 Å². The standard InChI is InChI=1S/C16H15BrFNO2S/c1-21-13-4-6-14(7-5-13)22-10-16(20)19-9-11-2-3-12(17)8-15(11)18/h2-8H,9-10H2,1H3,(H,19,20). The van der Waals surface area contributed by atoms with Crippen molar-refractivity contribution in [1.29, 1.82) is 0 Å². The topological polar surface area (TPSA) is 38.3 Å². The number of rotatable bonds is 6. The fourth-order valence-corrected chi connectivity index (χ4v) is 2.79. The summed E-state index contributed by atoms with van der Waals surface area (Å²) >= 11 is 4.62. The van der Waals surface area contributed by atoms with Crippen molar-refractivity contribution in [3.8, 4) is 5.75 Å². The summed E-state index contributed by atoms with van der Waals surface area (Å²) in [6.07, 6.45) is 0. The summed E-state index contributed by atoms with van der Waals surface area (Å²) in [7, 11) is 1.61. The molecule has 0 aliphatic carbocycles. The minimum absolute atomic E-state index is 0.136. The third-order valence-electron chi connectivity index (χ3n) is 2.92. The predicted molar refractivity (Wildman–Crippen MR) is 89.7 cm³/mol. The third-order valence-corrected chi connectivity index (χ3v) is 4.43. The molecule has 0 bridgehead atoms. The normalized spacial score (nSPS) is 10.3. The van der Waals surface area contributed by atoms with Crippen molar-refractivity contribution in [2.45, 2.75) is 11.4 Å². The van der Waals surface area contributed by atoms with Crippen molar-refractivity contribution in [3.05, 3.63) is 58.3 Å². The summed E-state index contributed by atoms with van der Waals surface area (Å²) in [5.41, 5.74) is 0.464. The van der Waals surface area contributed by atoms with Gasteiger partial charge in [0.25, 0.3) is 0 Å². The predicted octanol–water partition coefficient (Wildman–Crippen LogP) is 4.01. The van der Waals surface area contributed by atoms with Crippen molar-refractivity contribution in [2.75, 3.05) is 12.9 Å².